The summed E-state index contributed by atoms with van der Waals surface area (Å²) in [6, 6.07) is 8.06. The first kappa shape index (κ1) is 15.9. The second-order valence-electron chi connectivity index (χ2n) is 6.40. The van der Waals surface area contributed by atoms with Crippen molar-refractivity contribution in [1.29, 1.82) is 0 Å². The zero-order valence-electron chi connectivity index (χ0n) is 13.6. The molecule has 0 aliphatic carbocycles. The number of H-pyrrole nitrogens is 1. The second kappa shape index (κ2) is 6.66. The van der Waals surface area contributed by atoms with Gasteiger partial charge in [-0.2, -0.15) is 5.10 Å². The molecule has 0 bridgehead atoms. The number of amides is 1. The molecular formula is C17H22N4OS. The molecule has 1 aromatic carbocycles. The highest BCUT2D eigenvalue weighted by molar-refractivity contribution is 7.71. The van der Waals surface area contributed by atoms with Gasteiger partial charge in [0.05, 0.1) is 0 Å². The molecular weight excluding hydrogens is 308 g/mol. The Kier molecular flexibility index (Phi) is 4.61. The minimum Gasteiger partial charge on any atom is -0.341 e. The van der Waals surface area contributed by atoms with Crippen molar-refractivity contribution >= 4 is 18.1 Å². The molecule has 1 aliphatic rings. The Hall–Kier alpha value is -1.95. The number of aryl methyl sites for hydroxylation is 1. The fourth-order valence-corrected chi connectivity index (χ4v) is 3.32. The number of piperidine rings is 1. The molecule has 1 fully saturated rings. The molecule has 1 atom stereocenters. The topological polar surface area (TPSA) is 53.9 Å². The third kappa shape index (κ3) is 3.52. The van der Waals surface area contributed by atoms with E-state index in [1.807, 2.05) is 30.0 Å². The van der Waals surface area contributed by atoms with Gasteiger partial charge in [0.25, 0.3) is 0 Å². The highest BCUT2D eigenvalue weighted by Crippen LogP contribution is 2.20. The Bertz CT molecular complexity index is 764. The first-order valence-corrected chi connectivity index (χ1v) is 8.45. The minimum atomic E-state index is 0.114. The van der Waals surface area contributed by atoms with E-state index in [2.05, 4.69) is 23.2 Å². The molecule has 3 rings (SSSR count). The van der Waals surface area contributed by atoms with Gasteiger partial charge in [0.1, 0.15) is 6.54 Å². The molecule has 0 radical (unpaired) electrons. The number of nitrogens with one attached hydrogen (secondary N) is 1. The molecule has 1 saturated heterocycles. The van der Waals surface area contributed by atoms with E-state index in [1.165, 1.54) is 6.42 Å². The van der Waals surface area contributed by atoms with Gasteiger partial charge in [0.2, 0.25) is 5.91 Å². The lowest BCUT2D eigenvalue weighted by molar-refractivity contribution is -0.133. The highest BCUT2D eigenvalue weighted by Gasteiger charge is 2.22. The van der Waals surface area contributed by atoms with Gasteiger partial charge in [-0.1, -0.05) is 30.7 Å². The van der Waals surface area contributed by atoms with Crippen LogP contribution in [0.4, 0.5) is 0 Å². The molecule has 2 aromatic rings. The van der Waals surface area contributed by atoms with Crippen LogP contribution in [0, 0.1) is 17.6 Å². The molecule has 1 unspecified atom stereocenters. The van der Waals surface area contributed by atoms with E-state index in [1.54, 1.807) is 4.57 Å². The van der Waals surface area contributed by atoms with E-state index in [4.69, 9.17) is 12.2 Å². The van der Waals surface area contributed by atoms with Gasteiger partial charge in [0, 0.05) is 18.7 Å². The molecule has 0 saturated carbocycles. The van der Waals surface area contributed by atoms with Gasteiger partial charge in [0.15, 0.2) is 10.6 Å². The van der Waals surface area contributed by atoms with Crippen molar-refractivity contribution in [2.24, 2.45) is 5.92 Å². The Morgan fingerprint density at radius 1 is 1.48 bits per heavy atom. The Morgan fingerprint density at radius 3 is 3.04 bits per heavy atom. The van der Waals surface area contributed by atoms with Crippen LogP contribution in [0.15, 0.2) is 24.3 Å². The summed E-state index contributed by atoms with van der Waals surface area (Å²) in [5, 5.41) is 7.13. The molecule has 0 spiro atoms. The number of carbonyl (C=O) groups excluding carboxylic acids is 1. The van der Waals surface area contributed by atoms with Crippen LogP contribution in [-0.2, 0) is 11.3 Å². The number of aromatic nitrogens is 3. The molecule has 1 aromatic heterocycles. The predicted octanol–water partition coefficient (Wildman–Crippen LogP) is 3.17. The van der Waals surface area contributed by atoms with Crippen molar-refractivity contribution < 1.29 is 4.79 Å². The minimum absolute atomic E-state index is 0.114. The summed E-state index contributed by atoms with van der Waals surface area (Å²) in [5.41, 5.74) is 2.12. The van der Waals surface area contributed by atoms with E-state index in [0.29, 0.717) is 10.7 Å². The van der Waals surface area contributed by atoms with Gasteiger partial charge in [-0.3, -0.25) is 14.5 Å². The van der Waals surface area contributed by atoms with Gasteiger partial charge < -0.3 is 4.90 Å². The highest BCUT2D eigenvalue weighted by atomic mass is 32.1. The summed E-state index contributed by atoms with van der Waals surface area (Å²) < 4.78 is 2.28. The summed E-state index contributed by atoms with van der Waals surface area (Å²) in [7, 11) is 0. The number of benzene rings is 1. The van der Waals surface area contributed by atoms with E-state index in [0.717, 1.165) is 36.5 Å². The normalized spacial score (nSPS) is 18.2. The van der Waals surface area contributed by atoms with Crippen molar-refractivity contribution in [1.82, 2.24) is 19.7 Å². The standard InChI is InChI=1S/C17H22N4OS/c1-12-5-3-7-14(9-12)16-18-19-17(23)21(16)11-15(22)20-8-4-6-13(2)10-20/h3,5,7,9,13H,4,6,8,10-11H2,1-2H3,(H,19,23). The van der Waals surface area contributed by atoms with Crippen LogP contribution < -0.4 is 0 Å². The van der Waals surface area contributed by atoms with Crippen molar-refractivity contribution in [3.05, 3.63) is 34.6 Å². The number of hydrogen-bond acceptors (Lipinski definition) is 3. The lowest BCUT2D eigenvalue weighted by Gasteiger charge is -2.31. The van der Waals surface area contributed by atoms with Gasteiger partial charge in [-0.25, -0.2) is 0 Å². The summed E-state index contributed by atoms with van der Waals surface area (Å²) in [5.74, 6) is 1.40. The Balaban J connectivity index is 1.84. The number of carbonyl (C=O) groups is 1. The lowest BCUT2D eigenvalue weighted by atomic mass is 10.0. The van der Waals surface area contributed by atoms with Crippen LogP contribution >= 0.6 is 12.2 Å². The summed E-state index contributed by atoms with van der Waals surface area (Å²) in [4.78, 5) is 14.6. The van der Waals surface area contributed by atoms with Gasteiger partial charge in [-0.15, -0.1) is 0 Å². The molecule has 6 heteroatoms. The zero-order chi connectivity index (χ0) is 16.4. The van der Waals surface area contributed by atoms with Crippen LogP contribution in [0.25, 0.3) is 11.4 Å². The maximum atomic E-state index is 12.6. The van der Waals surface area contributed by atoms with Crippen LogP contribution in [-0.4, -0.2) is 38.7 Å². The maximum absolute atomic E-state index is 12.6. The SMILES string of the molecule is Cc1cccc(-c2n[nH]c(=S)n2CC(=O)N2CCCC(C)C2)c1. The van der Waals surface area contributed by atoms with Crippen LogP contribution in [0.3, 0.4) is 0 Å². The van der Waals surface area contributed by atoms with Gasteiger partial charge >= 0.3 is 0 Å². The largest absolute Gasteiger partial charge is 0.341 e. The molecule has 1 N–H and O–H groups in total. The van der Waals surface area contributed by atoms with Crippen LogP contribution in [0.5, 0.6) is 0 Å². The number of nitrogens with zero attached hydrogens (tertiary/aromatic N) is 3. The first-order chi connectivity index (χ1) is 11.0. The smallest absolute Gasteiger partial charge is 0.242 e. The lowest BCUT2D eigenvalue weighted by Crippen LogP contribution is -2.40. The quantitative estimate of drug-likeness (QED) is 0.880. The second-order valence-corrected chi connectivity index (χ2v) is 6.78. The predicted molar refractivity (Wildman–Crippen MR) is 92.6 cm³/mol. The maximum Gasteiger partial charge on any atom is 0.242 e. The van der Waals surface area contributed by atoms with E-state index in [9.17, 15) is 4.79 Å². The number of aromatic amines is 1. The van der Waals surface area contributed by atoms with E-state index < -0.39 is 0 Å². The fraction of sp³-hybridized carbons (Fsp3) is 0.471. The average molecular weight is 330 g/mol. The molecule has 1 aliphatic heterocycles. The Morgan fingerprint density at radius 2 is 2.30 bits per heavy atom. The number of hydrogen-bond donors (Lipinski definition) is 1. The third-order valence-corrected chi connectivity index (χ3v) is 4.65. The molecule has 23 heavy (non-hydrogen) atoms. The molecule has 122 valence electrons. The zero-order valence-corrected chi connectivity index (χ0v) is 14.4. The summed E-state index contributed by atoms with van der Waals surface area (Å²) >= 11 is 5.32. The average Bonchev–Trinajstić information content (AvgIpc) is 2.88. The van der Waals surface area contributed by atoms with E-state index in [-0.39, 0.29) is 12.5 Å². The summed E-state index contributed by atoms with van der Waals surface area (Å²) in [6.07, 6.45) is 2.28. The fourth-order valence-electron chi connectivity index (χ4n) is 3.12. The van der Waals surface area contributed by atoms with E-state index >= 15 is 0 Å². The molecule has 1 amide bonds. The van der Waals surface area contributed by atoms with Crippen LogP contribution in [0.1, 0.15) is 25.3 Å². The monoisotopic (exact) mass is 330 g/mol. The van der Waals surface area contributed by atoms with Gasteiger partial charge in [-0.05, 0) is 44.0 Å². The number of likely N-dealkylation sites (tertiary alicyclic amines) is 1. The van der Waals surface area contributed by atoms with Crippen molar-refractivity contribution in [2.45, 2.75) is 33.2 Å². The van der Waals surface area contributed by atoms with Crippen molar-refractivity contribution in [2.75, 3.05) is 13.1 Å². The number of rotatable bonds is 3. The third-order valence-electron chi connectivity index (χ3n) is 4.34. The molecule has 5 nitrogen and oxygen atoms in total. The Labute approximate surface area is 141 Å². The van der Waals surface area contributed by atoms with Crippen molar-refractivity contribution in [3.8, 4) is 11.4 Å². The van der Waals surface area contributed by atoms with Crippen molar-refractivity contribution in [3.63, 3.8) is 0 Å². The van der Waals surface area contributed by atoms with Crippen LogP contribution in [0.2, 0.25) is 0 Å². The first-order valence-electron chi connectivity index (χ1n) is 8.04. The molecule has 2 heterocycles. The summed E-state index contributed by atoms with van der Waals surface area (Å²) in [6.45, 7) is 6.15.